The molecule has 1 amide bonds. The highest BCUT2D eigenvalue weighted by molar-refractivity contribution is 5.80. The fourth-order valence-electron chi connectivity index (χ4n) is 9.46. The van der Waals surface area contributed by atoms with Crippen LogP contribution in [0.1, 0.15) is 322 Å². The molecule has 66 heavy (non-hydrogen) atoms. The summed E-state index contributed by atoms with van der Waals surface area (Å²) in [5.74, 6) is -0.589. The highest BCUT2D eigenvalue weighted by atomic mass is 16.3. The summed E-state index contributed by atoms with van der Waals surface area (Å²) in [6, 6.07) is -1.00. The van der Waals surface area contributed by atoms with Crippen LogP contribution in [0.3, 0.4) is 0 Å². The van der Waals surface area contributed by atoms with E-state index < -0.39 is 36.9 Å². The van der Waals surface area contributed by atoms with Crippen LogP contribution in [0.25, 0.3) is 0 Å². The molecule has 0 aromatic heterocycles. The fraction of sp³-hybridized carbons (Fsp3) is 0.917. The lowest BCUT2D eigenvalue weighted by Crippen LogP contribution is -2.53. The molecule has 4 atom stereocenters. The van der Waals surface area contributed by atoms with E-state index in [1.807, 2.05) is 0 Å². The summed E-state index contributed by atoms with van der Waals surface area (Å²) >= 11 is 0. The van der Waals surface area contributed by atoms with Crippen molar-refractivity contribution in [2.24, 2.45) is 0 Å². The first-order chi connectivity index (χ1) is 32.5. The first-order valence-electron chi connectivity index (χ1n) is 29.7. The number of aliphatic hydroxyl groups is 4. The van der Waals surface area contributed by atoms with Gasteiger partial charge in [0.1, 0.15) is 12.2 Å². The molecule has 5 N–H and O–H groups in total. The van der Waals surface area contributed by atoms with E-state index in [-0.39, 0.29) is 0 Å². The number of allylic oxidation sites excluding steroid dienone is 4. The maximum atomic E-state index is 12.6. The molecule has 0 heterocycles. The van der Waals surface area contributed by atoms with Gasteiger partial charge in [-0.1, -0.05) is 282 Å². The van der Waals surface area contributed by atoms with E-state index in [0.717, 1.165) is 38.5 Å². The van der Waals surface area contributed by atoms with Crippen molar-refractivity contribution in [3.8, 4) is 0 Å². The van der Waals surface area contributed by atoms with Gasteiger partial charge in [-0.25, -0.2) is 0 Å². The van der Waals surface area contributed by atoms with Crippen LogP contribution in [0, 0.1) is 0 Å². The summed E-state index contributed by atoms with van der Waals surface area (Å²) in [7, 11) is 0. The molecule has 0 aliphatic carbocycles. The number of hydrogen-bond donors (Lipinski definition) is 5. The number of rotatable bonds is 55. The number of aliphatic hydroxyl groups excluding tert-OH is 4. The van der Waals surface area contributed by atoms with Gasteiger partial charge in [-0.3, -0.25) is 4.79 Å². The van der Waals surface area contributed by atoms with Crippen molar-refractivity contribution in [1.29, 1.82) is 0 Å². The molecule has 0 aliphatic heterocycles. The van der Waals surface area contributed by atoms with E-state index in [1.165, 1.54) is 257 Å². The molecular formula is C60H117NO5. The quantitative estimate of drug-likeness (QED) is 0.0308. The van der Waals surface area contributed by atoms with Gasteiger partial charge in [-0.15, -0.1) is 0 Å². The lowest BCUT2D eigenvalue weighted by atomic mass is 10.00. The van der Waals surface area contributed by atoms with E-state index in [1.54, 1.807) is 0 Å². The predicted octanol–water partition coefficient (Wildman–Crippen LogP) is 17.4. The van der Waals surface area contributed by atoms with Crippen molar-refractivity contribution in [3.05, 3.63) is 24.3 Å². The Morgan fingerprint density at radius 3 is 0.909 bits per heavy atom. The maximum absolute atomic E-state index is 12.6. The maximum Gasteiger partial charge on any atom is 0.249 e. The zero-order chi connectivity index (χ0) is 48.1. The molecule has 392 valence electrons. The van der Waals surface area contributed by atoms with Crippen LogP contribution in [0.15, 0.2) is 24.3 Å². The van der Waals surface area contributed by atoms with Crippen LogP contribution in [0.5, 0.6) is 0 Å². The SMILES string of the molecule is CCCCCCCCCCCCC/C=C/CCCC(O)C(O)C(CO)NC(=O)C(O)CCCCCCCCCCCCCCCCCC/C=C\CCCCCCCCCCCCCCCC. The molecule has 0 aliphatic rings. The van der Waals surface area contributed by atoms with E-state index >= 15 is 0 Å². The third-order valence-electron chi connectivity index (χ3n) is 14.1. The predicted molar refractivity (Wildman–Crippen MR) is 288 cm³/mol. The second kappa shape index (κ2) is 54.7. The third kappa shape index (κ3) is 47.8. The minimum atomic E-state index is -1.28. The molecule has 0 saturated heterocycles. The molecule has 0 radical (unpaired) electrons. The van der Waals surface area contributed by atoms with Gasteiger partial charge < -0.3 is 25.7 Å². The molecule has 6 heteroatoms. The summed E-state index contributed by atoms with van der Waals surface area (Å²) in [6.45, 7) is 4.07. The molecule has 0 bridgehead atoms. The first-order valence-corrected chi connectivity index (χ1v) is 29.7. The van der Waals surface area contributed by atoms with Gasteiger partial charge in [0.05, 0.1) is 18.8 Å². The van der Waals surface area contributed by atoms with Gasteiger partial charge in [-0.2, -0.15) is 0 Å². The standard InChI is InChI=1S/C60H117NO5/c1-3-5-7-9-11-13-15-17-19-21-22-23-24-25-26-27-28-29-30-31-32-33-34-35-36-37-38-40-42-44-46-48-50-52-54-58(64)60(66)61-56(55-62)59(65)57(63)53-51-49-47-45-43-41-39-20-18-16-14-12-10-8-6-4-2/h27-28,45,47,56-59,62-65H,3-26,29-44,46,48-55H2,1-2H3,(H,61,66)/b28-27-,47-45+. The normalized spacial score (nSPS) is 13.8. The van der Waals surface area contributed by atoms with Gasteiger partial charge in [0.15, 0.2) is 0 Å². The number of nitrogens with one attached hydrogen (secondary N) is 1. The van der Waals surface area contributed by atoms with Crippen molar-refractivity contribution >= 4 is 5.91 Å². The van der Waals surface area contributed by atoms with Crippen molar-refractivity contribution in [1.82, 2.24) is 5.32 Å². The van der Waals surface area contributed by atoms with E-state index in [0.29, 0.717) is 12.8 Å². The minimum absolute atomic E-state index is 0.366. The summed E-state index contributed by atoms with van der Waals surface area (Å²) in [4.78, 5) is 12.6. The second-order valence-corrected chi connectivity index (χ2v) is 20.7. The lowest BCUT2D eigenvalue weighted by Gasteiger charge is -2.27. The monoisotopic (exact) mass is 932 g/mol. The highest BCUT2D eigenvalue weighted by Crippen LogP contribution is 2.18. The molecule has 0 rings (SSSR count). The van der Waals surface area contributed by atoms with E-state index in [9.17, 15) is 25.2 Å². The van der Waals surface area contributed by atoms with E-state index in [2.05, 4.69) is 43.5 Å². The van der Waals surface area contributed by atoms with Gasteiger partial charge >= 0.3 is 0 Å². The summed E-state index contributed by atoms with van der Waals surface area (Å²) in [5, 5.41) is 43.9. The fourth-order valence-corrected chi connectivity index (χ4v) is 9.46. The Balaban J connectivity index is 3.56. The van der Waals surface area contributed by atoms with Crippen LogP contribution in [0.2, 0.25) is 0 Å². The zero-order valence-corrected chi connectivity index (χ0v) is 44.5. The van der Waals surface area contributed by atoms with E-state index in [4.69, 9.17) is 0 Å². The van der Waals surface area contributed by atoms with Crippen LogP contribution in [0.4, 0.5) is 0 Å². The number of carbonyl (C=O) groups excluding carboxylic acids is 1. The largest absolute Gasteiger partial charge is 0.394 e. The number of unbranched alkanes of at least 4 members (excludes halogenated alkanes) is 42. The van der Waals surface area contributed by atoms with Crippen LogP contribution >= 0.6 is 0 Å². The molecular weight excluding hydrogens is 815 g/mol. The highest BCUT2D eigenvalue weighted by Gasteiger charge is 2.28. The Bertz CT molecular complexity index is 1000. The summed E-state index contributed by atoms with van der Waals surface area (Å²) in [5.41, 5.74) is 0. The minimum Gasteiger partial charge on any atom is -0.394 e. The second-order valence-electron chi connectivity index (χ2n) is 20.7. The van der Waals surface area contributed by atoms with Crippen molar-refractivity contribution < 1.29 is 25.2 Å². The Morgan fingerprint density at radius 1 is 0.364 bits per heavy atom. The summed E-state index contributed by atoms with van der Waals surface area (Å²) < 4.78 is 0. The third-order valence-corrected chi connectivity index (χ3v) is 14.1. The molecule has 0 fully saturated rings. The van der Waals surface area contributed by atoms with Crippen LogP contribution in [-0.4, -0.2) is 57.3 Å². The molecule has 0 spiro atoms. The topological polar surface area (TPSA) is 110 Å². The Hall–Kier alpha value is -1.21. The average molecular weight is 933 g/mol. The van der Waals surface area contributed by atoms with Crippen LogP contribution in [-0.2, 0) is 4.79 Å². The van der Waals surface area contributed by atoms with Gasteiger partial charge in [-0.05, 0) is 64.2 Å². The average Bonchev–Trinajstić information content (AvgIpc) is 3.32. The van der Waals surface area contributed by atoms with Gasteiger partial charge in [0.2, 0.25) is 5.91 Å². The Morgan fingerprint density at radius 2 is 0.621 bits per heavy atom. The number of hydrogen-bond acceptors (Lipinski definition) is 5. The molecule has 0 aromatic carbocycles. The molecule has 0 saturated carbocycles. The molecule has 4 unspecified atom stereocenters. The van der Waals surface area contributed by atoms with Crippen molar-refractivity contribution in [3.63, 3.8) is 0 Å². The van der Waals surface area contributed by atoms with Gasteiger partial charge in [0, 0.05) is 0 Å². The smallest absolute Gasteiger partial charge is 0.249 e. The summed E-state index contributed by atoms with van der Waals surface area (Å²) in [6.07, 6.45) is 67.0. The Labute approximate surface area is 412 Å². The van der Waals surface area contributed by atoms with Crippen molar-refractivity contribution in [2.75, 3.05) is 6.61 Å². The number of carbonyl (C=O) groups is 1. The van der Waals surface area contributed by atoms with Crippen LogP contribution < -0.4 is 5.32 Å². The Kier molecular flexibility index (Phi) is 53.7. The van der Waals surface area contributed by atoms with Crippen molar-refractivity contribution in [2.45, 2.75) is 346 Å². The first kappa shape index (κ1) is 64.8. The van der Waals surface area contributed by atoms with Gasteiger partial charge in [0.25, 0.3) is 0 Å². The zero-order valence-electron chi connectivity index (χ0n) is 44.5. The lowest BCUT2D eigenvalue weighted by molar-refractivity contribution is -0.132. The molecule has 6 nitrogen and oxygen atoms in total. The number of amides is 1. The molecule has 0 aromatic rings.